The predicted octanol–water partition coefficient (Wildman–Crippen LogP) is -1.75. The number of hydrogen-bond donors (Lipinski definition) is 1. The fourth-order valence-corrected chi connectivity index (χ4v) is 1.21. The molecule has 0 spiro atoms. The maximum absolute atomic E-state index is 4.80. The molecule has 0 fully saturated rings. The summed E-state index contributed by atoms with van der Waals surface area (Å²) in [6.45, 7) is 3.79. The van der Waals surface area contributed by atoms with Crippen molar-refractivity contribution >= 4 is 29.0 Å². The first kappa shape index (κ1) is 11.5. The molecule has 1 aromatic heterocycles. The van der Waals surface area contributed by atoms with Gasteiger partial charge in [-0.3, -0.25) is 0 Å². The van der Waals surface area contributed by atoms with Gasteiger partial charge in [-0.25, -0.2) is 4.98 Å². The van der Waals surface area contributed by atoms with E-state index in [2.05, 4.69) is 9.97 Å². The molecule has 11 heavy (non-hydrogen) atoms. The van der Waals surface area contributed by atoms with Gasteiger partial charge in [-0.15, -0.1) is 4.20 Å². The van der Waals surface area contributed by atoms with Crippen molar-refractivity contribution in [2.45, 2.75) is 13.8 Å². The van der Waals surface area contributed by atoms with Crippen LogP contribution in [0.5, 0.6) is 0 Å². The molecule has 54 valence electrons. The molecule has 5 heteroatoms. The van der Waals surface area contributed by atoms with Crippen LogP contribution in [0, 0.1) is 13.8 Å². The summed E-state index contributed by atoms with van der Waals surface area (Å²) in [7, 11) is 0. The Labute approximate surface area is 98.9 Å². The predicted molar refractivity (Wildman–Crippen MR) is 47.1 cm³/mol. The molecule has 0 aliphatic rings. The summed E-state index contributed by atoms with van der Waals surface area (Å²) in [6.07, 6.45) is 0. The zero-order valence-corrected chi connectivity index (χ0v) is 10.4. The molecule has 0 radical (unpaired) electrons. The van der Waals surface area contributed by atoms with Crippen LogP contribution < -0.4 is 29.6 Å². The molecule has 0 saturated carbocycles. The third kappa shape index (κ3) is 2.80. The molecule has 2 nitrogen and oxygen atoms in total. The number of aryl methyl sites for hydroxylation is 2. The van der Waals surface area contributed by atoms with Gasteiger partial charge in [0.05, 0.1) is 5.69 Å². The smallest absolute Gasteiger partial charge is 0.426 e. The first-order valence-corrected chi connectivity index (χ1v) is 3.67. The number of aromatic nitrogens is 2. The van der Waals surface area contributed by atoms with Gasteiger partial charge in [0.15, 0.2) is 0 Å². The van der Waals surface area contributed by atoms with Gasteiger partial charge in [0, 0.05) is 5.69 Å². The number of nitrogens with zero attached hydrogens (tertiary/aromatic N) is 1. The van der Waals surface area contributed by atoms with E-state index in [1.165, 1.54) is 0 Å². The number of nitrogens with one attached hydrogen (secondary N) is 1. The van der Waals surface area contributed by atoms with E-state index >= 15 is 0 Å². The van der Waals surface area contributed by atoms with Crippen molar-refractivity contribution in [3.05, 3.63) is 17.2 Å². The Morgan fingerprint density at radius 2 is 2.09 bits per heavy atom. The maximum Gasteiger partial charge on any atom is 1.00 e. The minimum Gasteiger partial charge on any atom is -0.426 e. The van der Waals surface area contributed by atoms with E-state index in [0.29, 0.717) is 4.20 Å². The zero-order chi connectivity index (χ0) is 7.72. The number of aromatic amines is 1. The van der Waals surface area contributed by atoms with Crippen LogP contribution in [-0.2, 0) is 12.6 Å². The molecular formula is C6H7N2NaS2. The van der Waals surface area contributed by atoms with Gasteiger partial charge in [-0.05, 0) is 13.8 Å². The summed E-state index contributed by atoms with van der Waals surface area (Å²) < 4.78 is 0.432. The SMILES string of the molecule is Cc1nc(C(=S)[S-])c(C)[nH]1.[Na+]. The monoisotopic (exact) mass is 194 g/mol. The van der Waals surface area contributed by atoms with Crippen LogP contribution in [0.4, 0.5) is 0 Å². The number of hydrogen-bond acceptors (Lipinski definition) is 3. The van der Waals surface area contributed by atoms with Crippen molar-refractivity contribution < 1.29 is 29.6 Å². The van der Waals surface area contributed by atoms with E-state index in [-0.39, 0.29) is 29.6 Å². The zero-order valence-electron chi connectivity index (χ0n) is 6.76. The van der Waals surface area contributed by atoms with Gasteiger partial charge in [-0.1, -0.05) is 0 Å². The molecule has 1 N–H and O–H groups in total. The van der Waals surface area contributed by atoms with Gasteiger partial charge < -0.3 is 29.8 Å². The molecule has 0 bridgehead atoms. The Hall–Kier alpha value is 0.520. The van der Waals surface area contributed by atoms with E-state index in [9.17, 15) is 0 Å². The molecule has 0 aliphatic heterocycles. The first-order valence-electron chi connectivity index (χ1n) is 2.86. The molecular weight excluding hydrogens is 187 g/mol. The van der Waals surface area contributed by atoms with E-state index in [1.54, 1.807) is 0 Å². The van der Waals surface area contributed by atoms with Gasteiger partial charge in [-0.2, -0.15) is 0 Å². The average Bonchev–Trinajstić information content (AvgIpc) is 2.10. The van der Waals surface area contributed by atoms with Gasteiger partial charge in [0.1, 0.15) is 5.82 Å². The molecule has 0 amide bonds. The Morgan fingerprint density at radius 1 is 1.55 bits per heavy atom. The second kappa shape index (κ2) is 4.52. The fourth-order valence-electron chi connectivity index (χ4n) is 0.809. The van der Waals surface area contributed by atoms with Crippen LogP contribution >= 0.6 is 12.2 Å². The quantitative estimate of drug-likeness (QED) is 0.327. The minimum atomic E-state index is 0. The Balaban J connectivity index is 0.000001000. The van der Waals surface area contributed by atoms with Crippen molar-refractivity contribution in [1.82, 2.24) is 9.97 Å². The number of thiocarbonyl (C=S) groups is 1. The average molecular weight is 194 g/mol. The van der Waals surface area contributed by atoms with Crippen LogP contribution in [0.25, 0.3) is 0 Å². The van der Waals surface area contributed by atoms with Crippen LogP contribution in [0.3, 0.4) is 0 Å². The second-order valence-corrected chi connectivity index (χ2v) is 3.16. The van der Waals surface area contributed by atoms with Crippen molar-refractivity contribution in [3.63, 3.8) is 0 Å². The van der Waals surface area contributed by atoms with E-state index in [1.807, 2.05) is 13.8 Å². The Bertz CT molecular complexity index is 270. The standard InChI is InChI=1S/C6H8N2S2.Na/c1-3-5(6(9)10)8-4(2)7-3;/h1-2H3,(H,7,8)(H,9,10);/q;+1/p-1. The Morgan fingerprint density at radius 3 is 2.27 bits per heavy atom. The van der Waals surface area contributed by atoms with Crippen LogP contribution in [0.1, 0.15) is 17.2 Å². The van der Waals surface area contributed by atoms with Crippen LogP contribution in [0.2, 0.25) is 0 Å². The normalized spacial score (nSPS) is 8.91. The number of rotatable bonds is 1. The van der Waals surface area contributed by atoms with E-state index in [0.717, 1.165) is 17.2 Å². The molecule has 0 saturated heterocycles. The van der Waals surface area contributed by atoms with E-state index < -0.39 is 0 Å². The molecule has 1 rings (SSSR count). The fraction of sp³-hybridized carbons (Fsp3) is 0.333. The van der Waals surface area contributed by atoms with Crippen molar-refractivity contribution in [2.75, 3.05) is 0 Å². The van der Waals surface area contributed by atoms with Crippen LogP contribution in [-0.4, -0.2) is 14.2 Å². The van der Waals surface area contributed by atoms with Crippen molar-refractivity contribution in [3.8, 4) is 0 Å². The largest absolute Gasteiger partial charge is 1.00 e. The van der Waals surface area contributed by atoms with Gasteiger partial charge >= 0.3 is 29.6 Å². The maximum atomic E-state index is 4.80. The summed E-state index contributed by atoms with van der Waals surface area (Å²) in [4.78, 5) is 7.13. The van der Waals surface area contributed by atoms with Gasteiger partial charge in [0.2, 0.25) is 0 Å². The molecule has 1 heterocycles. The topological polar surface area (TPSA) is 28.7 Å². The molecule has 0 atom stereocenters. The van der Waals surface area contributed by atoms with Crippen molar-refractivity contribution in [2.24, 2.45) is 0 Å². The summed E-state index contributed by atoms with van der Waals surface area (Å²) in [6, 6.07) is 0. The minimum absolute atomic E-state index is 0. The second-order valence-electron chi connectivity index (χ2n) is 2.08. The van der Waals surface area contributed by atoms with E-state index in [4.69, 9.17) is 24.8 Å². The summed E-state index contributed by atoms with van der Waals surface area (Å²) in [5.41, 5.74) is 1.69. The number of H-pyrrole nitrogens is 1. The molecule has 1 aromatic rings. The van der Waals surface area contributed by atoms with Gasteiger partial charge in [0.25, 0.3) is 0 Å². The summed E-state index contributed by atoms with van der Waals surface area (Å²) in [5.74, 6) is 0.861. The Kier molecular flexibility index (Phi) is 4.74. The van der Waals surface area contributed by atoms with Crippen molar-refractivity contribution in [1.29, 1.82) is 0 Å². The molecule has 0 aliphatic carbocycles. The van der Waals surface area contributed by atoms with Crippen LogP contribution in [0.15, 0.2) is 0 Å². The first-order chi connectivity index (χ1) is 4.61. The summed E-state index contributed by atoms with van der Waals surface area (Å²) >= 11 is 9.59. The third-order valence-corrected chi connectivity index (χ3v) is 1.58. The third-order valence-electron chi connectivity index (χ3n) is 1.20. The summed E-state index contributed by atoms with van der Waals surface area (Å²) in [5, 5.41) is 0. The number of imidazole rings is 1. The molecule has 0 unspecified atom stereocenters. The molecule has 0 aromatic carbocycles.